The van der Waals surface area contributed by atoms with E-state index in [4.69, 9.17) is 5.11 Å². The summed E-state index contributed by atoms with van der Waals surface area (Å²) in [7, 11) is -2.79. The maximum atomic E-state index is 11.4. The molecule has 1 unspecified atom stereocenters. The van der Waals surface area contributed by atoms with Crippen molar-refractivity contribution in [2.45, 2.75) is 37.8 Å². The zero-order chi connectivity index (χ0) is 10.9. The van der Waals surface area contributed by atoms with Gasteiger partial charge in [0.05, 0.1) is 17.6 Å². The van der Waals surface area contributed by atoms with Gasteiger partial charge in [0.25, 0.3) is 0 Å². The molecule has 1 aliphatic heterocycles. The Morgan fingerprint density at radius 2 is 2.07 bits per heavy atom. The molecule has 0 aromatic rings. The largest absolute Gasteiger partial charge is 0.393 e. The molecule has 0 aromatic heterocycles. The van der Waals surface area contributed by atoms with Crippen molar-refractivity contribution >= 4 is 9.84 Å². The monoisotopic (exact) mass is 233 g/mol. The Kier molecular flexibility index (Phi) is 3.33. The molecule has 1 saturated heterocycles. The molecule has 5 heteroatoms. The molecule has 2 rings (SSSR count). The van der Waals surface area contributed by atoms with Gasteiger partial charge in [-0.15, -0.1) is 0 Å². The van der Waals surface area contributed by atoms with Crippen LogP contribution in [0.25, 0.3) is 0 Å². The smallest absolute Gasteiger partial charge is 0.151 e. The lowest BCUT2D eigenvalue weighted by molar-refractivity contribution is 0.0419. The predicted octanol–water partition coefficient (Wildman–Crippen LogP) is -0.0759. The van der Waals surface area contributed by atoms with Crippen molar-refractivity contribution in [2.75, 3.05) is 18.1 Å². The molecule has 1 heterocycles. The van der Waals surface area contributed by atoms with Gasteiger partial charge in [-0.1, -0.05) is 0 Å². The zero-order valence-corrected chi connectivity index (χ0v) is 9.67. The lowest BCUT2D eigenvalue weighted by Gasteiger charge is -2.33. The fraction of sp³-hybridized carbons (Fsp3) is 1.00. The maximum absolute atomic E-state index is 11.4. The Morgan fingerprint density at radius 3 is 2.67 bits per heavy atom. The second-order valence-corrected chi connectivity index (χ2v) is 7.08. The molecule has 2 N–H and O–H groups in total. The van der Waals surface area contributed by atoms with Gasteiger partial charge in [0.15, 0.2) is 9.84 Å². The van der Waals surface area contributed by atoms with E-state index in [0.717, 1.165) is 32.2 Å². The van der Waals surface area contributed by atoms with Crippen LogP contribution in [0.1, 0.15) is 25.7 Å². The molecule has 88 valence electrons. The molecule has 1 atom stereocenters. The van der Waals surface area contributed by atoms with Gasteiger partial charge in [0, 0.05) is 6.04 Å². The van der Waals surface area contributed by atoms with Crippen LogP contribution in [-0.4, -0.2) is 43.7 Å². The number of nitrogens with one attached hydrogen (secondary N) is 1. The van der Waals surface area contributed by atoms with E-state index < -0.39 is 9.84 Å². The fourth-order valence-corrected chi connectivity index (χ4v) is 4.06. The second-order valence-electron chi connectivity index (χ2n) is 4.85. The number of aliphatic hydroxyl groups is 1. The highest BCUT2D eigenvalue weighted by Crippen LogP contribution is 2.26. The summed E-state index contributed by atoms with van der Waals surface area (Å²) in [4.78, 5) is 0. The van der Waals surface area contributed by atoms with Crippen molar-refractivity contribution in [3.63, 3.8) is 0 Å². The first-order valence-corrected chi connectivity index (χ1v) is 7.49. The van der Waals surface area contributed by atoms with Crippen molar-refractivity contribution in [2.24, 2.45) is 5.92 Å². The molecular weight excluding hydrogens is 214 g/mol. The SMILES string of the molecule is O=S1(=O)CCCC(NCC2CC(O)C2)C1. The third kappa shape index (κ3) is 3.16. The molecule has 0 radical (unpaired) electrons. The third-order valence-electron chi connectivity index (χ3n) is 3.37. The minimum atomic E-state index is -2.79. The molecule has 2 aliphatic rings. The van der Waals surface area contributed by atoms with E-state index in [1.807, 2.05) is 0 Å². The summed E-state index contributed by atoms with van der Waals surface area (Å²) in [5.41, 5.74) is 0. The summed E-state index contributed by atoms with van der Waals surface area (Å²) >= 11 is 0. The molecule has 4 nitrogen and oxygen atoms in total. The van der Waals surface area contributed by atoms with E-state index in [9.17, 15) is 8.42 Å². The summed E-state index contributed by atoms with van der Waals surface area (Å²) in [6, 6.07) is 0.140. The van der Waals surface area contributed by atoms with Gasteiger partial charge < -0.3 is 10.4 Å². The summed E-state index contributed by atoms with van der Waals surface area (Å²) in [6.07, 6.45) is 3.37. The highest BCUT2D eigenvalue weighted by Gasteiger charge is 2.29. The van der Waals surface area contributed by atoms with Crippen molar-refractivity contribution in [3.8, 4) is 0 Å². The van der Waals surface area contributed by atoms with E-state index in [1.165, 1.54) is 0 Å². The minimum absolute atomic E-state index is 0.119. The second kappa shape index (κ2) is 4.39. The van der Waals surface area contributed by atoms with Crippen LogP contribution < -0.4 is 5.32 Å². The van der Waals surface area contributed by atoms with Crippen LogP contribution in [0.4, 0.5) is 0 Å². The van der Waals surface area contributed by atoms with E-state index >= 15 is 0 Å². The molecule has 0 spiro atoms. The summed E-state index contributed by atoms with van der Waals surface area (Å²) in [5.74, 6) is 1.19. The third-order valence-corrected chi connectivity index (χ3v) is 5.19. The molecule has 0 aromatic carbocycles. The van der Waals surface area contributed by atoms with Crippen molar-refractivity contribution in [3.05, 3.63) is 0 Å². The van der Waals surface area contributed by atoms with Crippen LogP contribution >= 0.6 is 0 Å². The molecule has 15 heavy (non-hydrogen) atoms. The first kappa shape index (κ1) is 11.4. The topological polar surface area (TPSA) is 66.4 Å². The highest BCUT2D eigenvalue weighted by atomic mass is 32.2. The first-order chi connectivity index (χ1) is 7.05. The zero-order valence-electron chi connectivity index (χ0n) is 8.85. The Labute approximate surface area is 91.0 Å². The van der Waals surface area contributed by atoms with Gasteiger partial charge in [0.1, 0.15) is 0 Å². The van der Waals surface area contributed by atoms with E-state index in [2.05, 4.69) is 5.32 Å². The fourth-order valence-electron chi connectivity index (χ4n) is 2.38. The molecule has 1 saturated carbocycles. The molecular formula is C10H19NO3S. The number of rotatable bonds is 3. The number of aliphatic hydroxyl groups excluding tert-OH is 1. The highest BCUT2D eigenvalue weighted by molar-refractivity contribution is 7.91. The Balaban J connectivity index is 1.71. The van der Waals surface area contributed by atoms with E-state index in [1.54, 1.807) is 0 Å². The predicted molar refractivity (Wildman–Crippen MR) is 58.4 cm³/mol. The van der Waals surface area contributed by atoms with Crippen molar-refractivity contribution in [1.29, 1.82) is 0 Å². The Bertz CT molecular complexity index is 309. The van der Waals surface area contributed by atoms with Crippen LogP contribution in [0.3, 0.4) is 0 Å². The lowest BCUT2D eigenvalue weighted by atomic mass is 9.82. The Morgan fingerprint density at radius 1 is 1.33 bits per heavy atom. The van der Waals surface area contributed by atoms with Crippen LogP contribution in [0, 0.1) is 5.92 Å². The van der Waals surface area contributed by atoms with Crippen LogP contribution in [0.5, 0.6) is 0 Å². The van der Waals surface area contributed by atoms with Gasteiger partial charge in [-0.25, -0.2) is 8.42 Å². The summed E-state index contributed by atoms with van der Waals surface area (Å²) < 4.78 is 22.7. The number of sulfone groups is 1. The van der Waals surface area contributed by atoms with Gasteiger partial charge in [0.2, 0.25) is 0 Å². The number of hydrogen-bond donors (Lipinski definition) is 2. The maximum Gasteiger partial charge on any atom is 0.151 e. The average Bonchev–Trinajstić information content (AvgIpc) is 2.09. The molecule has 1 aliphatic carbocycles. The van der Waals surface area contributed by atoms with Crippen molar-refractivity contribution in [1.82, 2.24) is 5.32 Å². The van der Waals surface area contributed by atoms with Gasteiger partial charge >= 0.3 is 0 Å². The molecule has 0 bridgehead atoms. The first-order valence-electron chi connectivity index (χ1n) is 5.67. The van der Waals surface area contributed by atoms with Gasteiger partial charge in [-0.2, -0.15) is 0 Å². The molecule has 0 amide bonds. The average molecular weight is 233 g/mol. The molecule has 2 fully saturated rings. The quantitative estimate of drug-likeness (QED) is 0.716. The van der Waals surface area contributed by atoms with Crippen molar-refractivity contribution < 1.29 is 13.5 Å². The van der Waals surface area contributed by atoms with Gasteiger partial charge in [-0.05, 0) is 38.1 Å². The normalized spacial score (nSPS) is 39.7. The Hall–Kier alpha value is -0.130. The summed E-state index contributed by atoms with van der Waals surface area (Å²) in [6.45, 7) is 0.858. The number of hydrogen-bond acceptors (Lipinski definition) is 4. The standard InChI is InChI=1S/C10H19NO3S/c12-10-4-8(5-10)6-11-9-2-1-3-15(13,14)7-9/h8-12H,1-7H2. The van der Waals surface area contributed by atoms with Crippen LogP contribution in [-0.2, 0) is 9.84 Å². The van der Waals surface area contributed by atoms with E-state index in [0.29, 0.717) is 17.4 Å². The van der Waals surface area contributed by atoms with Gasteiger partial charge in [-0.3, -0.25) is 0 Å². The minimum Gasteiger partial charge on any atom is -0.393 e. The van der Waals surface area contributed by atoms with Crippen LogP contribution in [0.15, 0.2) is 0 Å². The van der Waals surface area contributed by atoms with Crippen LogP contribution in [0.2, 0.25) is 0 Å². The van der Waals surface area contributed by atoms with E-state index in [-0.39, 0.29) is 12.1 Å². The summed E-state index contributed by atoms with van der Waals surface area (Å²) in [5, 5.41) is 12.4. The lowest BCUT2D eigenvalue weighted by Crippen LogP contribution is -2.45.